The summed E-state index contributed by atoms with van der Waals surface area (Å²) in [4.78, 5) is 27.0. The number of aromatic nitrogens is 2. The minimum atomic E-state index is -0.304. The molecule has 17 heavy (non-hydrogen) atoms. The number of hydrogen-bond acceptors (Lipinski definition) is 5. The van der Waals surface area contributed by atoms with Crippen molar-refractivity contribution >= 4 is 28.4 Å². The van der Waals surface area contributed by atoms with Crippen LogP contribution in [0, 0.1) is 0 Å². The Hall–Kier alpha value is -1.82. The zero-order valence-corrected chi connectivity index (χ0v) is 10.0. The molecule has 88 valence electrons. The van der Waals surface area contributed by atoms with E-state index in [4.69, 9.17) is 5.84 Å². The van der Waals surface area contributed by atoms with Gasteiger partial charge in [0.1, 0.15) is 5.78 Å². The van der Waals surface area contributed by atoms with Crippen LogP contribution < -0.4 is 11.4 Å². The van der Waals surface area contributed by atoms with Crippen LogP contribution in [-0.2, 0) is 4.79 Å². The number of nitrogens with zero attached hydrogens (tertiary/aromatic N) is 2. The standard InChI is InChI=1S/C11H11N3O2S/c1-7(15)6-17-11-13-9-5-3-2-4-8(9)10(16)14(11)12/h2-5H,6,12H2,1H3. The maximum atomic E-state index is 11.9. The first kappa shape index (κ1) is 11.7. The minimum Gasteiger partial charge on any atom is -0.334 e. The molecule has 2 rings (SSSR count). The molecular weight excluding hydrogens is 238 g/mol. The molecule has 1 aromatic carbocycles. The third-order valence-corrected chi connectivity index (χ3v) is 3.28. The topological polar surface area (TPSA) is 78.0 Å². The van der Waals surface area contributed by atoms with Gasteiger partial charge in [0.25, 0.3) is 5.56 Å². The maximum absolute atomic E-state index is 11.9. The van der Waals surface area contributed by atoms with Crippen molar-refractivity contribution < 1.29 is 4.79 Å². The number of nitrogens with two attached hydrogens (primary N) is 1. The van der Waals surface area contributed by atoms with E-state index in [2.05, 4.69) is 4.98 Å². The number of Topliss-reactive ketones (excluding diaryl/α,β-unsaturated/α-hetero) is 1. The molecule has 0 atom stereocenters. The molecule has 1 heterocycles. The van der Waals surface area contributed by atoms with Crippen LogP contribution in [0.25, 0.3) is 10.9 Å². The first-order valence-electron chi connectivity index (χ1n) is 4.98. The quantitative estimate of drug-likeness (QED) is 0.494. The molecule has 2 aromatic rings. The lowest BCUT2D eigenvalue weighted by atomic mass is 10.2. The van der Waals surface area contributed by atoms with Crippen LogP contribution in [0.5, 0.6) is 0 Å². The van der Waals surface area contributed by atoms with Crippen LogP contribution in [0.2, 0.25) is 0 Å². The molecule has 0 bridgehead atoms. The molecule has 2 N–H and O–H groups in total. The fourth-order valence-corrected chi connectivity index (χ4v) is 2.11. The number of para-hydroxylation sites is 1. The summed E-state index contributed by atoms with van der Waals surface area (Å²) in [6.07, 6.45) is 0. The summed E-state index contributed by atoms with van der Waals surface area (Å²) in [5.74, 6) is 5.91. The van der Waals surface area contributed by atoms with Gasteiger partial charge in [-0.25, -0.2) is 9.66 Å². The number of thioether (sulfide) groups is 1. The summed E-state index contributed by atoms with van der Waals surface area (Å²) in [5.41, 5.74) is 0.284. The molecule has 0 aliphatic heterocycles. The van der Waals surface area contributed by atoms with Crippen molar-refractivity contribution in [1.82, 2.24) is 9.66 Å². The zero-order chi connectivity index (χ0) is 12.4. The Kier molecular flexibility index (Phi) is 3.14. The number of benzene rings is 1. The van der Waals surface area contributed by atoms with E-state index in [0.29, 0.717) is 16.1 Å². The summed E-state index contributed by atoms with van der Waals surface area (Å²) in [5, 5.41) is 0.825. The van der Waals surface area contributed by atoms with Crippen molar-refractivity contribution in [1.29, 1.82) is 0 Å². The van der Waals surface area contributed by atoms with Crippen LogP contribution in [0.1, 0.15) is 6.92 Å². The normalized spacial score (nSPS) is 10.6. The Morgan fingerprint density at radius 2 is 2.18 bits per heavy atom. The highest BCUT2D eigenvalue weighted by molar-refractivity contribution is 7.99. The molecule has 0 saturated carbocycles. The predicted octanol–water partition coefficient (Wildman–Crippen LogP) is 0.791. The third kappa shape index (κ3) is 2.31. The van der Waals surface area contributed by atoms with Gasteiger partial charge >= 0.3 is 0 Å². The number of fused-ring (bicyclic) bond motifs is 1. The molecular formula is C11H11N3O2S. The van der Waals surface area contributed by atoms with Crippen LogP contribution in [0.3, 0.4) is 0 Å². The number of nitrogen functional groups attached to an aromatic ring is 1. The Labute approximate surface area is 102 Å². The van der Waals surface area contributed by atoms with Crippen molar-refractivity contribution in [2.75, 3.05) is 11.6 Å². The average molecular weight is 249 g/mol. The van der Waals surface area contributed by atoms with Crippen molar-refractivity contribution in [3.8, 4) is 0 Å². The highest BCUT2D eigenvalue weighted by atomic mass is 32.2. The largest absolute Gasteiger partial charge is 0.334 e. The number of carbonyl (C=O) groups excluding carboxylic acids is 1. The van der Waals surface area contributed by atoms with E-state index in [-0.39, 0.29) is 17.1 Å². The van der Waals surface area contributed by atoms with Gasteiger partial charge in [0, 0.05) is 0 Å². The molecule has 0 amide bonds. The van der Waals surface area contributed by atoms with Crippen LogP contribution >= 0.6 is 11.8 Å². The van der Waals surface area contributed by atoms with Crippen molar-refractivity contribution in [2.24, 2.45) is 0 Å². The number of carbonyl (C=O) groups is 1. The van der Waals surface area contributed by atoms with E-state index in [9.17, 15) is 9.59 Å². The third-order valence-electron chi connectivity index (χ3n) is 2.18. The minimum absolute atomic E-state index is 0.0115. The monoisotopic (exact) mass is 249 g/mol. The maximum Gasteiger partial charge on any atom is 0.280 e. The molecule has 0 unspecified atom stereocenters. The van der Waals surface area contributed by atoms with Crippen molar-refractivity contribution in [3.05, 3.63) is 34.6 Å². The van der Waals surface area contributed by atoms with Crippen molar-refractivity contribution in [2.45, 2.75) is 12.1 Å². The second-order valence-electron chi connectivity index (χ2n) is 3.58. The Morgan fingerprint density at radius 3 is 2.88 bits per heavy atom. The van der Waals surface area contributed by atoms with E-state index in [0.717, 1.165) is 16.4 Å². The smallest absolute Gasteiger partial charge is 0.280 e. The van der Waals surface area contributed by atoms with Crippen LogP contribution in [-0.4, -0.2) is 21.2 Å². The first-order valence-corrected chi connectivity index (χ1v) is 5.97. The fraction of sp³-hybridized carbons (Fsp3) is 0.182. The van der Waals surface area contributed by atoms with E-state index in [1.165, 1.54) is 6.92 Å². The molecule has 0 saturated heterocycles. The number of hydrogen-bond donors (Lipinski definition) is 1. The summed E-state index contributed by atoms with van der Waals surface area (Å²) < 4.78 is 0.982. The fourth-order valence-electron chi connectivity index (χ4n) is 1.39. The van der Waals surface area contributed by atoms with Gasteiger partial charge in [-0.15, -0.1) is 0 Å². The van der Waals surface area contributed by atoms with Gasteiger partial charge < -0.3 is 5.84 Å². The summed E-state index contributed by atoms with van der Waals surface area (Å²) >= 11 is 1.16. The summed E-state index contributed by atoms with van der Waals surface area (Å²) in [7, 11) is 0. The zero-order valence-electron chi connectivity index (χ0n) is 9.21. The number of ketones is 1. The Balaban J connectivity index is 2.54. The highest BCUT2D eigenvalue weighted by Crippen LogP contribution is 2.15. The van der Waals surface area contributed by atoms with Gasteiger partial charge in [-0.2, -0.15) is 0 Å². The molecule has 0 fully saturated rings. The molecule has 6 heteroatoms. The van der Waals surface area contributed by atoms with E-state index < -0.39 is 0 Å². The second-order valence-corrected chi connectivity index (χ2v) is 4.52. The van der Waals surface area contributed by atoms with E-state index in [1.54, 1.807) is 24.3 Å². The van der Waals surface area contributed by atoms with Gasteiger partial charge in [0.2, 0.25) is 0 Å². The highest BCUT2D eigenvalue weighted by Gasteiger charge is 2.09. The van der Waals surface area contributed by atoms with Gasteiger partial charge in [0.15, 0.2) is 5.16 Å². The van der Waals surface area contributed by atoms with Crippen LogP contribution in [0.4, 0.5) is 0 Å². The molecule has 0 radical (unpaired) electrons. The molecule has 0 spiro atoms. The average Bonchev–Trinajstić information content (AvgIpc) is 2.32. The second kappa shape index (κ2) is 4.58. The predicted molar refractivity (Wildman–Crippen MR) is 67.6 cm³/mol. The first-order chi connectivity index (χ1) is 8.09. The molecule has 1 aromatic heterocycles. The summed E-state index contributed by atoms with van der Waals surface area (Å²) in [6.45, 7) is 1.48. The Bertz CT molecular complexity index is 636. The lowest BCUT2D eigenvalue weighted by Gasteiger charge is -2.06. The SMILES string of the molecule is CC(=O)CSc1nc2ccccc2c(=O)n1N. The van der Waals surface area contributed by atoms with E-state index in [1.807, 2.05) is 0 Å². The summed E-state index contributed by atoms with van der Waals surface area (Å²) in [6, 6.07) is 6.98. The van der Waals surface area contributed by atoms with Crippen molar-refractivity contribution in [3.63, 3.8) is 0 Å². The lowest BCUT2D eigenvalue weighted by molar-refractivity contribution is -0.114. The molecule has 0 aliphatic rings. The lowest BCUT2D eigenvalue weighted by Crippen LogP contribution is -2.30. The van der Waals surface area contributed by atoms with E-state index >= 15 is 0 Å². The molecule has 5 nitrogen and oxygen atoms in total. The Morgan fingerprint density at radius 1 is 1.47 bits per heavy atom. The number of rotatable bonds is 3. The van der Waals surface area contributed by atoms with Crippen LogP contribution in [0.15, 0.2) is 34.2 Å². The van der Waals surface area contributed by atoms with Gasteiger partial charge in [-0.3, -0.25) is 9.59 Å². The van der Waals surface area contributed by atoms with Gasteiger partial charge in [0.05, 0.1) is 16.7 Å². The van der Waals surface area contributed by atoms with Gasteiger partial charge in [-0.05, 0) is 19.1 Å². The molecule has 0 aliphatic carbocycles. The van der Waals surface area contributed by atoms with Gasteiger partial charge in [-0.1, -0.05) is 23.9 Å².